The molecule has 1 saturated carbocycles. The van der Waals surface area contributed by atoms with Crippen molar-refractivity contribution in [1.29, 1.82) is 0 Å². The zero-order valence-electron chi connectivity index (χ0n) is 8.58. The Bertz CT molecular complexity index is 332. The molecule has 0 bridgehead atoms. The van der Waals surface area contributed by atoms with E-state index in [1.165, 1.54) is 12.5 Å². The van der Waals surface area contributed by atoms with Gasteiger partial charge in [-0.25, -0.2) is 0 Å². The SMILES string of the molecule is Oc1cccc(OC2CCCCC2)c1F. The van der Waals surface area contributed by atoms with Gasteiger partial charge in [0.25, 0.3) is 0 Å². The number of ether oxygens (including phenoxy) is 1. The summed E-state index contributed by atoms with van der Waals surface area (Å²) in [5.74, 6) is -0.826. The Morgan fingerprint density at radius 3 is 2.67 bits per heavy atom. The zero-order valence-corrected chi connectivity index (χ0v) is 8.58. The van der Waals surface area contributed by atoms with Gasteiger partial charge < -0.3 is 9.84 Å². The Kier molecular flexibility index (Phi) is 3.09. The van der Waals surface area contributed by atoms with Gasteiger partial charge in [-0.15, -0.1) is 0 Å². The van der Waals surface area contributed by atoms with E-state index in [0.29, 0.717) is 0 Å². The fourth-order valence-electron chi connectivity index (χ4n) is 1.95. The van der Waals surface area contributed by atoms with Crippen molar-refractivity contribution in [3.63, 3.8) is 0 Å². The highest BCUT2D eigenvalue weighted by Gasteiger charge is 2.17. The van der Waals surface area contributed by atoms with Gasteiger partial charge in [0.1, 0.15) is 0 Å². The average molecular weight is 210 g/mol. The van der Waals surface area contributed by atoms with Gasteiger partial charge in [-0.1, -0.05) is 12.5 Å². The number of rotatable bonds is 2. The quantitative estimate of drug-likeness (QED) is 0.812. The molecule has 1 fully saturated rings. The predicted molar refractivity (Wildman–Crippen MR) is 55.6 cm³/mol. The maximum absolute atomic E-state index is 13.4. The van der Waals surface area contributed by atoms with Crippen LogP contribution in [0, 0.1) is 5.82 Å². The van der Waals surface area contributed by atoms with E-state index in [2.05, 4.69) is 0 Å². The van der Waals surface area contributed by atoms with E-state index in [0.717, 1.165) is 25.7 Å². The average Bonchev–Trinajstić information content (AvgIpc) is 2.26. The van der Waals surface area contributed by atoms with Crippen LogP contribution in [0.15, 0.2) is 18.2 Å². The Morgan fingerprint density at radius 2 is 1.93 bits per heavy atom. The van der Waals surface area contributed by atoms with Crippen LogP contribution in [0.2, 0.25) is 0 Å². The Labute approximate surface area is 88.7 Å². The van der Waals surface area contributed by atoms with Crippen molar-refractivity contribution in [3.05, 3.63) is 24.0 Å². The van der Waals surface area contributed by atoms with E-state index in [9.17, 15) is 9.50 Å². The first kappa shape index (κ1) is 10.3. The topological polar surface area (TPSA) is 29.5 Å². The minimum atomic E-state index is -0.650. The number of phenols is 1. The van der Waals surface area contributed by atoms with Gasteiger partial charge in [-0.2, -0.15) is 4.39 Å². The molecule has 1 aromatic rings. The van der Waals surface area contributed by atoms with Gasteiger partial charge in [0, 0.05) is 0 Å². The summed E-state index contributed by atoms with van der Waals surface area (Å²) in [6.45, 7) is 0. The molecule has 2 rings (SSSR count). The molecule has 2 nitrogen and oxygen atoms in total. The van der Waals surface area contributed by atoms with E-state index in [-0.39, 0.29) is 17.6 Å². The maximum atomic E-state index is 13.4. The van der Waals surface area contributed by atoms with E-state index < -0.39 is 5.82 Å². The number of aromatic hydroxyl groups is 1. The molecule has 0 aliphatic heterocycles. The smallest absolute Gasteiger partial charge is 0.206 e. The van der Waals surface area contributed by atoms with Crippen LogP contribution in [0.3, 0.4) is 0 Å². The molecular formula is C12H15FO2. The van der Waals surface area contributed by atoms with Gasteiger partial charge in [0.05, 0.1) is 6.10 Å². The van der Waals surface area contributed by atoms with Crippen LogP contribution < -0.4 is 4.74 Å². The standard InChI is InChI=1S/C12H15FO2/c13-12-10(14)7-4-8-11(12)15-9-5-2-1-3-6-9/h4,7-9,14H,1-3,5-6H2. The fourth-order valence-corrected chi connectivity index (χ4v) is 1.95. The molecule has 82 valence electrons. The lowest BCUT2D eigenvalue weighted by atomic mass is 9.98. The van der Waals surface area contributed by atoms with E-state index in [1.54, 1.807) is 12.1 Å². The molecule has 0 atom stereocenters. The van der Waals surface area contributed by atoms with Gasteiger partial charge in [-0.3, -0.25) is 0 Å². The third-order valence-corrected chi connectivity index (χ3v) is 2.79. The first-order chi connectivity index (χ1) is 7.27. The highest BCUT2D eigenvalue weighted by molar-refractivity contribution is 5.34. The van der Waals surface area contributed by atoms with Gasteiger partial charge in [0.15, 0.2) is 11.5 Å². The van der Waals surface area contributed by atoms with E-state index in [1.807, 2.05) is 0 Å². The number of phenolic OH excluding ortho intramolecular Hbond substituents is 1. The molecule has 1 aliphatic rings. The molecule has 0 saturated heterocycles. The third kappa shape index (κ3) is 2.41. The summed E-state index contributed by atoms with van der Waals surface area (Å²) in [6.07, 6.45) is 5.60. The first-order valence-corrected chi connectivity index (χ1v) is 5.41. The summed E-state index contributed by atoms with van der Waals surface area (Å²) in [4.78, 5) is 0. The summed E-state index contributed by atoms with van der Waals surface area (Å²) in [6, 6.07) is 4.48. The van der Waals surface area contributed by atoms with Crippen molar-refractivity contribution in [2.45, 2.75) is 38.2 Å². The largest absolute Gasteiger partial charge is 0.505 e. The van der Waals surface area contributed by atoms with Gasteiger partial charge >= 0.3 is 0 Å². The van der Waals surface area contributed by atoms with Crippen molar-refractivity contribution >= 4 is 0 Å². The van der Waals surface area contributed by atoms with E-state index in [4.69, 9.17) is 4.74 Å². The minimum Gasteiger partial charge on any atom is -0.505 e. The summed E-state index contributed by atoms with van der Waals surface area (Å²) in [5.41, 5.74) is 0. The predicted octanol–water partition coefficient (Wildman–Crippen LogP) is 3.24. The highest BCUT2D eigenvalue weighted by atomic mass is 19.1. The molecule has 1 N–H and O–H groups in total. The van der Waals surface area contributed by atoms with Crippen LogP contribution in [0.1, 0.15) is 32.1 Å². The molecule has 0 aromatic heterocycles. The van der Waals surface area contributed by atoms with Crippen LogP contribution in [0.4, 0.5) is 4.39 Å². The minimum absolute atomic E-state index is 0.107. The first-order valence-electron chi connectivity index (χ1n) is 5.41. The number of hydrogen-bond acceptors (Lipinski definition) is 2. The number of benzene rings is 1. The summed E-state index contributed by atoms with van der Waals surface area (Å²) < 4.78 is 18.9. The molecular weight excluding hydrogens is 195 g/mol. The fraction of sp³-hybridized carbons (Fsp3) is 0.500. The lowest BCUT2D eigenvalue weighted by Crippen LogP contribution is -2.20. The van der Waals surface area contributed by atoms with Gasteiger partial charge in [-0.05, 0) is 37.8 Å². The Morgan fingerprint density at radius 1 is 1.20 bits per heavy atom. The van der Waals surface area contributed by atoms with Crippen LogP contribution in [-0.4, -0.2) is 11.2 Å². The molecule has 1 aliphatic carbocycles. The number of hydrogen-bond donors (Lipinski definition) is 1. The summed E-state index contributed by atoms with van der Waals surface area (Å²) in [5, 5.41) is 9.17. The molecule has 0 heterocycles. The van der Waals surface area contributed by atoms with Crippen LogP contribution in [-0.2, 0) is 0 Å². The van der Waals surface area contributed by atoms with Crippen molar-refractivity contribution in [1.82, 2.24) is 0 Å². The van der Waals surface area contributed by atoms with Crippen molar-refractivity contribution in [3.8, 4) is 11.5 Å². The second kappa shape index (κ2) is 4.51. The maximum Gasteiger partial charge on any atom is 0.206 e. The van der Waals surface area contributed by atoms with Gasteiger partial charge in [0.2, 0.25) is 5.82 Å². The molecule has 0 amide bonds. The second-order valence-electron chi connectivity index (χ2n) is 3.97. The lowest BCUT2D eigenvalue weighted by molar-refractivity contribution is 0.147. The Hall–Kier alpha value is -1.25. The van der Waals surface area contributed by atoms with Crippen LogP contribution >= 0.6 is 0 Å². The molecule has 0 spiro atoms. The lowest BCUT2D eigenvalue weighted by Gasteiger charge is -2.23. The Balaban J connectivity index is 2.06. The number of halogens is 1. The van der Waals surface area contributed by atoms with E-state index >= 15 is 0 Å². The molecule has 0 radical (unpaired) electrons. The molecule has 0 unspecified atom stereocenters. The summed E-state index contributed by atoms with van der Waals surface area (Å²) in [7, 11) is 0. The zero-order chi connectivity index (χ0) is 10.7. The second-order valence-corrected chi connectivity index (χ2v) is 3.97. The van der Waals surface area contributed by atoms with Crippen LogP contribution in [0.5, 0.6) is 11.5 Å². The highest BCUT2D eigenvalue weighted by Crippen LogP contribution is 2.29. The van der Waals surface area contributed by atoms with Crippen molar-refractivity contribution < 1.29 is 14.2 Å². The van der Waals surface area contributed by atoms with Crippen molar-refractivity contribution in [2.24, 2.45) is 0 Å². The monoisotopic (exact) mass is 210 g/mol. The normalized spacial score (nSPS) is 17.7. The van der Waals surface area contributed by atoms with Crippen molar-refractivity contribution in [2.75, 3.05) is 0 Å². The molecule has 15 heavy (non-hydrogen) atoms. The molecule has 1 aromatic carbocycles. The van der Waals surface area contributed by atoms with Crippen LogP contribution in [0.25, 0.3) is 0 Å². The third-order valence-electron chi connectivity index (χ3n) is 2.79. The summed E-state index contributed by atoms with van der Waals surface area (Å²) >= 11 is 0. The molecule has 3 heteroatoms.